The molecule has 0 aliphatic rings. The monoisotopic (exact) mass is 462 g/mol. The van der Waals surface area contributed by atoms with Crippen molar-refractivity contribution in [2.45, 2.75) is 31.2 Å². The Kier molecular flexibility index (Phi) is 8.95. The van der Waals surface area contributed by atoms with Gasteiger partial charge in [0.15, 0.2) is 5.96 Å². The van der Waals surface area contributed by atoms with E-state index in [0.717, 1.165) is 4.57 Å². The van der Waals surface area contributed by atoms with E-state index in [0.29, 0.717) is 31.2 Å². The minimum atomic E-state index is -3.84. The minimum Gasteiger partial charge on any atom is -0.370 e. The summed E-state index contributed by atoms with van der Waals surface area (Å²) in [6, 6.07) is 10.5. The third-order valence-electron chi connectivity index (χ3n) is 4.28. The van der Waals surface area contributed by atoms with Crippen LogP contribution >= 0.6 is 0 Å². The van der Waals surface area contributed by atoms with E-state index in [9.17, 15) is 22.8 Å². The molecule has 0 aliphatic carbocycles. The fourth-order valence-electron chi connectivity index (χ4n) is 2.84. The minimum absolute atomic E-state index is 0.0599. The number of guanidine groups is 1. The topological polar surface area (TPSA) is 179 Å². The third kappa shape index (κ3) is 8.22. The number of rotatable bonds is 12. The van der Waals surface area contributed by atoms with Crippen molar-refractivity contribution in [2.24, 2.45) is 16.5 Å². The zero-order valence-electron chi connectivity index (χ0n) is 17.3. The molecule has 0 saturated heterocycles. The Morgan fingerprint density at radius 1 is 1.16 bits per heavy atom. The Morgan fingerprint density at radius 2 is 1.88 bits per heavy atom. The quantitative estimate of drug-likeness (QED) is 0.142. The third-order valence-corrected chi connectivity index (χ3v) is 5.52. The van der Waals surface area contributed by atoms with Gasteiger partial charge in [0.2, 0.25) is 15.9 Å². The SMILES string of the molecule is NC(N)=NCCC[C@@H](C=O)NC(=O)Cn1cccc(NS(=O)(=O)Cc2ccccc2)c1=O. The van der Waals surface area contributed by atoms with E-state index in [1.54, 1.807) is 30.3 Å². The van der Waals surface area contributed by atoms with Crippen LogP contribution in [0.1, 0.15) is 18.4 Å². The smallest absolute Gasteiger partial charge is 0.275 e. The molecule has 0 fully saturated rings. The van der Waals surface area contributed by atoms with Crippen LogP contribution in [0.25, 0.3) is 0 Å². The van der Waals surface area contributed by atoms with E-state index in [1.165, 1.54) is 18.3 Å². The molecule has 1 amide bonds. The summed E-state index contributed by atoms with van der Waals surface area (Å²) in [6.07, 6.45) is 2.73. The molecular weight excluding hydrogens is 436 g/mol. The van der Waals surface area contributed by atoms with Gasteiger partial charge in [-0.1, -0.05) is 30.3 Å². The van der Waals surface area contributed by atoms with Crippen molar-refractivity contribution in [2.75, 3.05) is 11.3 Å². The molecule has 1 atom stereocenters. The van der Waals surface area contributed by atoms with Gasteiger partial charge >= 0.3 is 0 Å². The Bertz CT molecular complexity index is 1110. The van der Waals surface area contributed by atoms with Gasteiger partial charge in [0.05, 0.1) is 11.8 Å². The average Bonchev–Trinajstić information content (AvgIpc) is 2.73. The molecule has 11 nitrogen and oxygen atoms in total. The maximum absolute atomic E-state index is 12.6. The molecule has 2 aromatic rings. The highest BCUT2D eigenvalue weighted by Gasteiger charge is 2.16. The molecule has 0 radical (unpaired) electrons. The molecule has 2 rings (SSSR count). The lowest BCUT2D eigenvalue weighted by Gasteiger charge is -2.14. The second-order valence-corrected chi connectivity index (χ2v) is 8.68. The molecule has 32 heavy (non-hydrogen) atoms. The molecule has 12 heteroatoms. The molecule has 0 unspecified atom stereocenters. The van der Waals surface area contributed by atoms with E-state index in [2.05, 4.69) is 15.0 Å². The number of carbonyl (C=O) groups excluding carboxylic acids is 2. The Morgan fingerprint density at radius 3 is 2.53 bits per heavy atom. The lowest BCUT2D eigenvalue weighted by Crippen LogP contribution is -2.40. The number of benzene rings is 1. The normalized spacial score (nSPS) is 11.9. The first-order chi connectivity index (χ1) is 15.2. The van der Waals surface area contributed by atoms with Crippen LogP contribution in [0.15, 0.2) is 58.4 Å². The zero-order chi connectivity index (χ0) is 23.6. The number of aromatic nitrogens is 1. The van der Waals surface area contributed by atoms with Gasteiger partial charge in [-0.2, -0.15) is 0 Å². The number of carbonyl (C=O) groups is 2. The van der Waals surface area contributed by atoms with Crippen molar-refractivity contribution in [3.8, 4) is 0 Å². The molecular formula is C20H26N6O5S. The van der Waals surface area contributed by atoms with Crippen LogP contribution in [-0.2, 0) is 31.9 Å². The van der Waals surface area contributed by atoms with Crippen molar-refractivity contribution in [1.82, 2.24) is 9.88 Å². The highest BCUT2D eigenvalue weighted by Crippen LogP contribution is 2.09. The Labute approximate surface area is 185 Å². The zero-order valence-corrected chi connectivity index (χ0v) is 18.1. The molecule has 0 aliphatic heterocycles. The highest BCUT2D eigenvalue weighted by molar-refractivity contribution is 7.91. The molecule has 6 N–H and O–H groups in total. The van der Waals surface area contributed by atoms with Crippen LogP contribution in [0.2, 0.25) is 0 Å². The number of aliphatic imine (C=N–C) groups is 1. The first-order valence-electron chi connectivity index (χ1n) is 9.74. The molecule has 0 spiro atoms. The predicted octanol–water partition coefficient (Wildman–Crippen LogP) is -0.472. The van der Waals surface area contributed by atoms with Gasteiger partial charge in [0.25, 0.3) is 5.56 Å². The second-order valence-electron chi connectivity index (χ2n) is 6.96. The highest BCUT2D eigenvalue weighted by atomic mass is 32.2. The number of hydrogen-bond acceptors (Lipinski definition) is 6. The molecule has 1 aromatic carbocycles. The van der Waals surface area contributed by atoms with Gasteiger partial charge in [0, 0.05) is 12.7 Å². The summed E-state index contributed by atoms with van der Waals surface area (Å²) in [7, 11) is -3.84. The Balaban J connectivity index is 2.00. The lowest BCUT2D eigenvalue weighted by molar-refractivity contribution is -0.124. The number of amides is 1. The van der Waals surface area contributed by atoms with Crippen molar-refractivity contribution in [3.63, 3.8) is 0 Å². The van der Waals surface area contributed by atoms with Crippen LogP contribution in [0.5, 0.6) is 0 Å². The summed E-state index contributed by atoms with van der Waals surface area (Å²) < 4.78 is 28.1. The largest absolute Gasteiger partial charge is 0.370 e. The molecule has 172 valence electrons. The molecule has 0 saturated carbocycles. The van der Waals surface area contributed by atoms with Crippen LogP contribution in [0.4, 0.5) is 5.69 Å². The van der Waals surface area contributed by atoms with E-state index in [-0.39, 0.29) is 23.9 Å². The first kappa shape index (κ1) is 24.6. The number of hydrogen-bond donors (Lipinski definition) is 4. The lowest BCUT2D eigenvalue weighted by atomic mass is 10.2. The maximum Gasteiger partial charge on any atom is 0.275 e. The fraction of sp³-hybridized carbons (Fsp3) is 0.300. The van der Waals surface area contributed by atoms with E-state index in [1.807, 2.05) is 0 Å². The number of anilines is 1. The van der Waals surface area contributed by atoms with Gasteiger partial charge in [0.1, 0.15) is 18.5 Å². The Hall–Kier alpha value is -3.67. The summed E-state index contributed by atoms with van der Waals surface area (Å²) in [5.74, 6) is -0.936. The average molecular weight is 463 g/mol. The van der Waals surface area contributed by atoms with Crippen molar-refractivity contribution in [1.29, 1.82) is 0 Å². The summed E-state index contributed by atoms with van der Waals surface area (Å²) in [6.45, 7) is -0.0709. The molecule has 0 bridgehead atoms. The van der Waals surface area contributed by atoms with Crippen molar-refractivity contribution < 1.29 is 18.0 Å². The standard InChI is InChI=1S/C20H26N6O5S/c21-20(22)23-10-4-8-16(13-27)24-18(28)12-26-11-5-9-17(19(26)29)25-32(30,31)14-15-6-2-1-3-7-15/h1-3,5-7,9,11,13,16,25H,4,8,10,12,14H2,(H,24,28)(H4,21,22,23)/t16-/m0/s1. The summed E-state index contributed by atoms with van der Waals surface area (Å²) in [5, 5.41) is 2.51. The van der Waals surface area contributed by atoms with Crippen LogP contribution in [0, 0.1) is 0 Å². The maximum atomic E-state index is 12.6. The van der Waals surface area contributed by atoms with Crippen LogP contribution in [0.3, 0.4) is 0 Å². The number of aldehydes is 1. The number of sulfonamides is 1. The van der Waals surface area contributed by atoms with Crippen molar-refractivity contribution >= 4 is 33.9 Å². The second kappa shape index (κ2) is 11.6. The van der Waals surface area contributed by atoms with E-state index >= 15 is 0 Å². The molecule has 1 aromatic heterocycles. The van der Waals surface area contributed by atoms with Crippen LogP contribution < -0.4 is 27.1 Å². The van der Waals surface area contributed by atoms with Gasteiger partial charge in [-0.25, -0.2) is 8.42 Å². The summed E-state index contributed by atoms with van der Waals surface area (Å²) in [5.41, 5.74) is 10.1. The number of nitrogens with one attached hydrogen (secondary N) is 2. The fourth-order valence-corrected chi connectivity index (χ4v) is 4.03. The molecule has 1 heterocycles. The summed E-state index contributed by atoms with van der Waals surface area (Å²) in [4.78, 5) is 39.9. The number of nitrogens with two attached hydrogens (primary N) is 2. The number of nitrogens with zero attached hydrogens (tertiary/aromatic N) is 2. The summed E-state index contributed by atoms with van der Waals surface area (Å²) >= 11 is 0. The van der Waals surface area contributed by atoms with Gasteiger partial charge in [-0.3, -0.25) is 19.3 Å². The van der Waals surface area contributed by atoms with E-state index in [4.69, 9.17) is 11.5 Å². The predicted molar refractivity (Wildman–Crippen MR) is 121 cm³/mol. The van der Waals surface area contributed by atoms with Crippen molar-refractivity contribution in [3.05, 3.63) is 64.6 Å². The van der Waals surface area contributed by atoms with Crippen LogP contribution in [-0.4, -0.2) is 43.7 Å². The van der Waals surface area contributed by atoms with E-state index < -0.39 is 27.5 Å². The van der Waals surface area contributed by atoms with Gasteiger partial charge in [-0.05, 0) is 30.5 Å². The van der Waals surface area contributed by atoms with Gasteiger partial charge < -0.3 is 26.1 Å². The first-order valence-corrected chi connectivity index (χ1v) is 11.4. The number of pyridine rings is 1. The van der Waals surface area contributed by atoms with Gasteiger partial charge in [-0.15, -0.1) is 0 Å².